The summed E-state index contributed by atoms with van der Waals surface area (Å²) in [6.07, 6.45) is 4.03. The van der Waals surface area contributed by atoms with Gasteiger partial charge in [0.05, 0.1) is 10.0 Å². The number of hydrogen-bond donors (Lipinski definition) is 1. The van der Waals surface area contributed by atoms with Crippen molar-refractivity contribution in [2.45, 2.75) is 19.3 Å². The molecule has 4 nitrogen and oxygen atoms in total. The number of nitrogens with zero attached hydrogens (tertiary/aromatic N) is 2. The molecule has 1 amide bonds. The molecule has 1 fully saturated rings. The van der Waals surface area contributed by atoms with E-state index in [0.717, 1.165) is 31.7 Å². The van der Waals surface area contributed by atoms with Crippen molar-refractivity contribution < 1.29 is 4.79 Å². The smallest absolute Gasteiger partial charge is 0.217 e. The molecule has 1 saturated heterocycles. The summed E-state index contributed by atoms with van der Waals surface area (Å²) in [5.74, 6) is 0.761. The van der Waals surface area contributed by atoms with E-state index >= 15 is 0 Å². The second kappa shape index (κ2) is 5.76. The van der Waals surface area contributed by atoms with Gasteiger partial charge in [0.1, 0.15) is 5.82 Å². The van der Waals surface area contributed by atoms with Gasteiger partial charge in [-0.1, -0.05) is 23.2 Å². The van der Waals surface area contributed by atoms with Crippen LogP contribution in [0.3, 0.4) is 0 Å². The number of hydrogen-bond acceptors (Lipinski definition) is 3. The zero-order chi connectivity index (χ0) is 13.1. The summed E-state index contributed by atoms with van der Waals surface area (Å²) in [6.45, 7) is 1.65. The maximum atomic E-state index is 11.0. The standard InChI is InChI=1S/C12H15Cl2N3O/c13-9-5-10(14)12(16-6-9)17-3-1-2-8(7-17)4-11(15)18/h5-6,8H,1-4,7H2,(H2,15,18)/t8-/m1/s1. The molecular weight excluding hydrogens is 273 g/mol. The van der Waals surface area contributed by atoms with E-state index in [9.17, 15) is 4.79 Å². The van der Waals surface area contributed by atoms with Crippen molar-refractivity contribution in [3.05, 3.63) is 22.3 Å². The van der Waals surface area contributed by atoms with Gasteiger partial charge < -0.3 is 10.6 Å². The molecule has 0 bridgehead atoms. The highest BCUT2D eigenvalue weighted by atomic mass is 35.5. The monoisotopic (exact) mass is 287 g/mol. The van der Waals surface area contributed by atoms with E-state index in [0.29, 0.717) is 16.5 Å². The molecule has 98 valence electrons. The zero-order valence-electron chi connectivity index (χ0n) is 9.90. The van der Waals surface area contributed by atoms with Gasteiger partial charge in [0, 0.05) is 25.7 Å². The van der Waals surface area contributed by atoms with Gasteiger partial charge in [-0.05, 0) is 24.8 Å². The van der Waals surface area contributed by atoms with Crippen molar-refractivity contribution in [3.8, 4) is 0 Å². The number of piperidine rings is 1. The van der Waals surface area contributed by atoms with Crippen molar-refractivity contribution >= 4 is 34.9 Å². The fourth-order valence-corrected chi connectivity index (χ4v) is 2.85. The Morgan fingerprint density at radius 3 is 3.00 bits per heavy atom. The maximum Gasteiger partial charge on any atom is 0.217 e. The van der Waals surface area contributed by atoms with Gasteiger partial charge in [0.2, 0.25) is 5.91 Å². The third kappa shape index (κ3) is 3.27. The van der Waals surface area contributed by atoms with Crippen molar-refractivity contribution in [2.75, 3.05) is 18.0 Å². The van der Waals surface area contributed by atoms with Crippen LogP contribution in [-0.4, -0.2) is 24.0 Å². The minimum Gasteiger partial charge on any atom is -0.370 e. The molecule has 0 radical (unpaired) electrons. The number of rotatable bonds is 3. The van der Waals surface area contributed by atoms with Crippen LogP contribution in [0.25, 0.3) is 0 Å². The number of primary amides is 1. The molecule has 0 aliphatic carbocycles. The molecule has 2 heterocycles. The van der Waals surface area contributed by atoms with Gasteiger partial charge in [-0.2, -0.15) is 0 Å². The largest absolute Gasteiger partial charge is 0.370 e. The number of carbonyl (C=O) groups is 1. The summed E-state index contributed by atoms with van der Waals surface area (Å²) in [4.78, 5) is 17.3. The Morgan fingerprint density at radius 2 is 2.33 bits per heavy atom. The highest BCUT2D eigenvalue weighted by molar-refractivity contribution is 6.36. The van der Waals surface area contributed by atoms with Gasteiger partial charge in [-0.15, -0.1) is 0 Å². The van der Waals surface area contributed by atoms with Crippen LogP contribution in [0.1, 0.15) is 19.3 Å². The van der Waals surface area contributed by atoms with E-state index in [4.69, 9.17) is 28.9 Å². The number of anilines is 1. The Balaban J connectivity index is 2.10. The van der Waals surface area contributed by atoms with Crippen LogP contribution in [-0.2, 0) is 4.79 Å². The first-order valence-corrected chi connectivity index (χ1v) is 6.66. The van der Waals surface area contributed by atoms with Crippen molar-refractivity contribution in [2.24, 2.45) is 11.7 Å². The number of halogens is 2. The minimum atomic E-state index is -0.253. The summed E-state index contributed by atoms with van der Waals surface area (Å²) in [6, 6.07) is 1.68. The van der Waals surface area contributed by atoms with Crippen LogP contribution in [0.5, 0.6) is 0 Å². The number of nitrogens with two attached hydrogens (primary N) is 1. The van der Waals surface area contributed by atoms with E-state index in [1.807, 2.05) is 0 Å². The molecule has 6 heteroatoms. The van der Waals surface area contributed by atoms with Crippen LogP contribution in [0.2, 0.25) is 10.0 Å². The van der Waals surface area contributed by atoms with E-state index in [1.54, 1.807) is 12.3 Å². The van der Waals surface area contributed by atoms with Crippen LogP contribution in [0, 0.1) is 5.92 Å². The van der Waals surface area contributed by atoms with Crippen molar-refractivity contribution in [3.63, 3.8) is 0 Å². The highest BCUT2D eigenvalue weighted by Crippen LogP contribution is 2.30. The average Bonchev–Trinajstić information content (AvgIpc) is 2.28. The van der Waals surface area contributed by atoms with Gasteiger partial charge in [-0.3, -0.25) is 4.79 Å². The summed E-state index contributed by atoms with van der Waals surface area (Å²) in [7, 11) is 0. The molecule has 1 aliphatic heterocycles. The van der Waals surface area contributed by atoms with E-state index < -0.39 is 0 Å². The molecule has 1 atom stereocenters. The fraction of sp³-hybridized carbons (Fsp3) is 0.500. The Hall–Kier alpha value is -1.000. The molecular formula is C12H15Cl2N3O. The molecule has 18 heavy (non-hydrogen) atoms. The number of amides is 1. The maximum absolute atomic E-state index is 11.0. The molecule has 1 aromatic heterocycles. The highest BCUT2D eigenvalue weighted by Gasteiger charge is 2.23. The van der Waals surface area contributed by atoms with Gasteiger partial charge in [-0.25, -0.2) is 4.98 Å². The fourth-order valence-electron chi connectivity index (χ4n) is 2.35. The zero-order valence-corrected chi connectivity index (χ0v) is 11.4. The van der Waals surface area contributed by atoms with Crippen LogP contribution in [0.4, 0.5) is 5.82 Å². The SMILES string of the molecule is NC(=O)C[C@H]1CCCN(c2ncc(Cl)cc2Cl)C1. The second-order valence-corrected chi connectivity index (χ2v) is 5.43. The predicted molar refractivity (Wildman–Crippen MR) is 73.0 cm³/mol. The van der Waals surface area contributed by atoms with Crippen LogP contribution >= 0.6 is 23.2 Å². The lowest BCUT2D eigenvalue weighted by Gasteiger charge is -2.33. The molecule has 2 rings (SSSR count). The summed E-state index contributed by atoms with van der Waals surface area (Å²) < 4.78 is 0. The molecule has 0 spiro atoms. The molecule has 1 aromatic rings. The van der Waals surface area contributed by atoms with Crippen LogP contribution in [0.15, 0.2) is 12.3 Å². The van der Waals surface area contributed by atoms with Crippen LogP contribution < -0.4 is 10.6 Å². The van der Waals surface area contributed by atoms with Gasteiger partial charge >= 0.3 is 0 Å². The first-order valence-electron chi connectivity index (χ1n) is 5.90. The Labute approximate surface area is 116 Å². The van der Waals surface area contributed by atoms with Crippen molar-refractivity contribution in [1.29, 1.82) is 0 Å². The topological polar surface area (TPSA) is 59.2 Å². The lowest BCUT2D eigenvalue weighted by molar-refractivity contribution is -0.118. The summed E-state index contributed by atoms with van der Waals surface area (Å²) >= 11 is 12.0. The minimum absolute atomic E-state index is 0.253. The summed E-state index contributed by atoms with van der Waals surface area (Å²) in [5, 5.41) is 1.07. The first-order chi connectivity index (χ1) is 8.56. The molecule has 0 unspecified atom stereocenters. The first kappa shape index (κ1) is 13.4. The number of pyridine rings is 1. The molecule has 0 saturated carbocycles. The number of aromatic nitrogens is 1. The third-order valence-corrected chi connectivity index (χ3v) is 3.58. The van der Waals surface area contributed by atoms with Gasteiger partial charge in [0.15, 0.2) is 0 Å². The summed E-state index contributed by atoms with van der Waals surface area (Å²) in [5.41, 5.74) is 5.24. The predicted octanol–water partition coefficient (Wildman–Crippen LogP) is 2.48. The second-order valence-electron chi connectivity index (χ2n) is 4.58. The third-order valence-electron chi connectivity index (χ3n) is 3.10. The Morgan fingerprint density at radius 1 is 1.56 bits per heavy atom. The lowest BCUT2D eigenvalue weighted by atomic mass is 9.94. The van der Waals surface area contributed by atoms with Gasteiger partial charge in [0.25, 0.3) is 0 Å². The lowest BCUT2D eigenvalue weighted by Crippen LogP contribution is -2.37. The van der Waals surface area contributed by atoms with E-state index in [2.05, 4.69) is 9.88 Å². The number of carbonyl (C=O) groups excluding carboxylic acids is 1. The Kier molecular flexibility index (Phi) is 4.30. The Bertz CT molecular complexity index is 453. The molecule has 2 N–H and O–H groups in total. The quantitative estimate of drug-likeness (QED) is 0.929. The molecule has 0 aromatic carbocycles. The molecule has 1 aliphatic rings. The van der Waals surface area contributed by atoms with E-state index in [1.165, 1.54) is 0 Å². The van der Waals surface area contributed by atoms with E-state index in [-0.39, 0.29) is 11.8 Å². The van der Waals surface area contributed by atoms with Crippen molar-refractivity contribution in [1.82, 2.24) is 4.98 Å². The average molecular weight is 288 g/mol. The normalized spacial score (nSPS) is 19.9.